The number of carbonyl (C=O) groups excluding carboxylic acids is 2. The van der Waals surface area contributed by atoms with Gasteiger partial charge in [-0.3, -0.25) is 19.3 Å². The first kappa shape index (κ1) is 25.0. The predicted octanol–water partition coefficient (Wildman–Crippen LogP) is 3.45. The molecule has 1 saturated heterocycles. The van der Waals surface area contributed by atoms with Gasteiger partial charge in [-0.25, -0.2) is 0 Å². The Kier molecular flexibility index (Phi) is 8.46. The molecule has 2 fully saturated rings. The van der Waals surface area contributed by atoms with Crippen molar-refractivity contribution in [2.24, 2.45) is 5.92 Å². The first-order chi connectivity index (χ1) is 16.5. The molecule has 34 heavy (non-hydrogen) atoms. The molecular weight excluding hydrogens is 430 g/mol. The minimum Gasteiger partial charge on any atom is -0.469 e. The van der Waals surface area contributed by atoms with Crippen LogP contribution < -0.4 is 10.9 Å². The van der Waals surface area contributed by atoms with E-state index in [4.69, 9.17) is 4.74 Å². The first-order valence-electron chi connectivity index (χ1n) is 13.4. The van der Waals surface area contributed by atoms with Gasteiger partial charge in [0.25, 0.3) is 11.5 Å². The van der Waals surface area contributed by atoms with Gasteiger partial charge in [0.15, 0.2) is 0 Å². The number of hydrogen-bond acceptors (Lipinski definition) is 5. The van der Waals surface area contributed by atoms with Crippen LogP contribution in [0.2, 0.25) is 0 Å². The summed E-state index contributed by atoms with van der Waals surface area (Å²) in [4.78, 5) is 41.3. The van der Waals surface area contributed by atoms with E-state index in [0.717, 1.165) is 63.7 Å². The second-order valence-electron chi connectivity index (χ2n) is 10.3. The van der Waals surface area contributed by atoms with Crippen LogP contribution in [0.15, 0.2) is 10.9 Å². The number of aromatic nitrogens is 1. The molecule has 1 amide bonds. The molecule has 1 N–H and O–H groups in total. The highest BCUT2D eigenvalue weighted by molar-refractivity contribution is 5.94. The lowest BCUT2D eigenvalue weighted by Gasteiger charge is -2.29. The van der Waals surface area contributed by atoms with E-state index in [1.54, 1.807) is 0 Å². The van der Waals surface area contributed by atoms with E-state index in [9.17, 15) is 14.4 Å². The van der Waals surface area contributed by atoms with Crippen LogP contribution in [-0.4, -0.2) is 53.6 Å². The number of nitrogens with zero attached hydrogens (tertiary/aromatic N) is 2. The van der Waals surface area contributed by atoms with Crippen LogP contribution in [0.1, 0.15) is 92.7 Å². The number of esters is 1. The molecule has 1 aromatic rings. The number of methoxy groups -OCH3 is 1. The molecule has 4 rings (SSSR count). The largest absolute Gasteiger partial charge is 0.469 e. The van der Waals surface area contributed by atoms with Gasteiger partial charge in [0.2, 0.25) is 0 Å². The van der Waals surface area contributed by atoms with Gasteiger partial charge in [0, 0.05) is 24.3 Å². The van der Waals surface area contributed by atoms with Gasteiger partial charge >= 0.3 is 5.97 Å². The van der Waals surface area contributed by atoms with Gasteiger partial charge in [0.05, 0.1) is 13.0 Å². The average Bonchev–Trinajstić information content (AvgIpc) is 3.28. The van der Waals surface area contributed by atoms with Gasteiger partial charge in [-0.1, -0.05) is 19.8 Å². The number of hydrogen-bond donors (Lipinski definition) is 1. The molecule has 0 bridgehead atoms. The Hall–Kier alpha value is -2.15. The molecule has 2 heterocycles. The molecule has 1 saturated carbocycles. The maximum absolute atomic E-state index is 13.7. The van der Waals surface area contributed by atoms with Gasteiger partial charge in [0.1, 0.15) is 5.56 Å². The minimum absolute atomic E-state index is 0.00585. The summed E-state index contributed by atoms with van der Waals surface area (Å²) >= 11 is 0. The molecule has 1 atom stereocenters. The highest BCUT2D eigenvalue weighted by atomic mass is 16.5. The van der Waals surface area contributed by atoms with Crippen molar-refractivity contribution in [1.29, 1.82) is 0 Å². The Morgan fingerprint density at radius 3 is 2.47 bits per heavy atom. The third-order valence-corrected chi connectivity index (χ3v) is 8.24. The molecule has 0 radical (unpaired) electrons. The van der Waals surface area contributed by atoms with Crippen molar-refractivity contribution in [2.75, 3.05) is 20.2 Å². The zero-order chi connectivity index (χ0) is 24.1. The number of aryl methyl sites for hydroxylation is 1. The summed E-state index contributed by atoms with van der Waals surface area (Å²) in [6.45, 7) is 4.95. The number of likely N-dealkylation sites (N-methyl/N-ethyl adjacent to an activating group) is 1. The number of carbonyl (C=O) groups is 2. The molecule has 0 aromatic carbocycles. The third kappa shape index (κ3) is 5.56. The zero-order valence-corrected chi connectivity index (χ0v) is 20.9. The van der Waals surface area contributed by atoms with E-state index in [0.29, 0.717) is 25.4 Å². The molecule has 7 heteroatoms. The molecule has 0 spiro atoms. The smallest absolute Gasteiger partial charge is 0.308 e. The zero-order valence-electron chi connectivity index (χ0n) is 20.9. The molecule has 188 valence electrons. The number of nitrogens with one attached hydrogen (secondary N) is 1. The molecular formula is C27H41N3O4. The van der Waals surface area contributed by atoms with Gasteiger partial charge < -0.3 is 14.6 Å². The summed E-state index contributed by atoms with van der Waals surface area (Å²) in [5.74, 6) is -0.508. The van der Waals surface area contributed by atoms with Crippen LogP contribution in [0.25, 0.3) is 0 Å². The number of fused-ring (bicyclic) bond motifs is 1. The number of ether oxygens (including phenoxy) is 1. The fraction of sp³-hybridized carbons (Fsp3) is 0.741. The Morgan fingerprint density at radius 1 is 1.03 bits per heavy atom. The lowest BCUT2D eigenvalue weighted by Crippen LogP contribution is -2.43. The van der Waals surface area contributed by atoms with E-state index in [-0.39, 0.29) is 35.0 Å². The van der Waals surface area contributed by atoms with E-state index < -0.39 is 0 Å². The third-order valence-electron chi connectivity index (χ3n) is 8.24. The predicted molar refractivity (Wildman–Crippen MR) is 132 cm³/mol. The van der Waals surface area contributed by atoms with E-state index >= 15 is 0 Å². The Morgan fingerprint density at radius 2 is 1.76 bits per heavy atom. The van der Waals surface area contributed by atoms with Crippen molar-refractivity contribution < 1.29 is 14.3 Å². The van der Waals surface area contributed by atoms with Crippen LogP contribution in [0.3, 0.4) is 0 Å². The van der Waals surface area contributed by atoms with Crippen molar-refractivity contribution in [1.82, 2.24) is 14.8 Å². The fourth-order valence-electron chi connectivity index (χ4n) is 6.22. The van der Waals surface area contributed by atoms with Gasteiger partial charge in [-0.15, -0.1) is 0 Å². The number of amides is 1. The molecule has 1 unspecified atom stereocenters. The quantitative estimate of drug-likeness (QED) is 0.643. The Bertz CT molecular complexity index is 933. The van der Waals surface area contributed by atoms with Crippen LogP contribution in [-0.2, 0) is 28.9 Å². The molecule has 1 aliphatic heterocycles. The first-order valence-corrected chi connectivity index (χ1v) is 13.4. The number of likely N-dealkylation sites (tertiary alicyclic amines) is 1. The van der Waals surface area contributed by atoms with Crippen molar-refractivity contribution in [2.45, 2.75) is 103 Å². The topological polar surface area (TPSA) is 80.6 Å². The second-order valence-corrected chi connectivity index (χ2v) is 10.3. The highest BCUT2D eigenvalue weighted by Gasteiger charge is 2.30. The summed E-state index contributed by atoms with van der Waals surface area (Å²) in [5.41, 5.74) is 2.49. The number of rotatable bonds is 6. The lowest BCUT2D eigenvalue weighted by molar-refractivity contribution is -0.146. The summed E-state index contributed by atoms with van der Waals surface area (Å²) in [7, 11) is 1.42. The molecule has 1 aromatic heterocycles. The summed E-state index contributed by atoms with van der Waals surface area (Å²) in [5, 5.41) is 3.11. The van der Waals surface area contributed by atoms with Gasteiger partial charge in [-0.05, 0) is 88.9 Å². The maximum Gasteiger partial charge on any atom is 0.308 e. The molecule has 7 nitrogen and oxygen atoms in total. The SMILES string of the molecule is CCN1CCCC1Cn1c2c(cc(C(=O)NC3CCC(C(=O)OC)CC3)c1=O)CCCCCC2. The van der Waals surface area contributed by atoms with Crippen LogP contribution in [0.4, 0.5) is 0 Å². The van der Waals surface area contributed by atoms with Gasteiger partial charge in [-0.2, -0.15) is 0 Å². The Labute approximate surface area is 203 Å². The second kappa shape index (κ2) is 11.5. The van der Waals surface area contributed by atoms with E-state index in [1.807, 2.05) is 10.6 Å². The maximum atomic E-state index is 13.7. The summed E-state index contributed by atoms with van der Waals surface area (Å²) in [6, 6.07) is 2.25. The normalized spacial score (nSPS) is 25.8. The van der Waals surface area contributed by atoms with Crippen LogP contribution in [0, 0.1) is 5.92 Å². The van der Waals surface area contributed by atoms with Crippen LogP contribution in [0.5, 0.6) is 0 Å². The molecule has 2 aliphatic carbocycles. The van der Waals surface area contributed by atoms with Crippen molar-refractivity contribution in [3.63, 3.8) is 0 Å². The lowest BCUT2D eigenvalue weighted by atomic mass is 9.86. The number of pyridine rings is 1. The summed E-state index contributed by atoms with van der Waals surface area (Å²) in [6.07, 6.45) is 11.6. The molecule has 3 aliphatic rings. The Balaban J connectivity index is 1.57. The highest BCUT2D eigenvalue weighted by Crippen LogP contribution is 2.26. The van der Waals surface area contributed by atoms with Crippen molar-refractivity contribution >= 4 is 11.9 Å². The summed E-state index contributed by atoms with van der Waals surface area (Å²) < 4.78 is 6.83. The van der Waals surface area contributed by atoms with Crippen molar-refractivity contribution in [3.05, 3.63) is 33.2 Å². The minimum atomic E-state index is -0.260. The fourth-order valence-corrected chi connectivity index (χ4v) is 6.22. The van der Waals surface area contributed by atoms with E-state index in [2.05, 4.69) is 17.1 Å². The van der Waals surface area contributed by atoms with E-state index in [1.165, 1.54) is 31.9 Å². The van der Waals surface area contributed by atoms with Crippen molar-refractivity contribution in [3.8, 4) is 0 Å². The monoisotopic (exact) mass is 471 g/mol. The average molecular weight is 472 g/mol. The standard InChI is InChI=1S/C27H41N3O4/c1-3-29-16-8-10-22(29)18-30-24-11-7-5-4-6-9-20(24)17-23(26(30)32)25(31)28-21-14-12-19(13-15-21)27(33)34-2/h17,19,21-22H,3-16,18H2,1-2H3,(H,28,31). The van der Waals surface area contributed by atoms with Crippen LogP contribution >= 0.6 is 0 Å².